The van der Waals surface area contributed by atoms with Gasteiger partial charge in [-0.25, -0.2) is 0 Å². The Balaban J connectivity index is 3.43. The molecule has 0 aliphatic rings. The molecular weight excluding hydrogens is 911 g/mol. The van der Waals surface area contributed by atoms with Crippen LogP contribution in [0.4, 0.5) is 0 Å². The molecule has 2 atom stereocenters. The van der Waals surface area contributed by atoms with Crippen LogP contribution in [0.25, 0.3) is 0 Å². The Morgan fingerprint density at radius 2 is 0.676 bits per heavy atom. The predicted molar refractivity (Wildman–Crippen MR) is 324 cm³/mol. The van der Waals surface area contributed by atoms with Crippen molar-refractivity contribution in [3.8, 4) is 0 Å². The normalized spacial score (nSPS) is 12.8. The largest absolute Gasteiger partial charge is 0.466 e. The first-order valence-corrected chi connectivity index (χ1v) is 33.3. The van der Waals surface area contributed by atoms with Crippen molar-refractivity contribution < 1.29 is 24.5 Å². The van der Waals surface area contributed by atoms with E-state index < -0.39 is 12.1 Å². The molecule has 0 rings (SSSR count). The van der Waals surface area contributed by atoms with Crippen LogP contribution in [0.1, 0.15) is 361 Å². The summed E-state index contributed by atoms with van der Waals surface area (Å²) in [5.41, 5.74) is 0. The number of aliphatic hydroxyl groups excluding tert-OH is 2. The van der Waals surface area contributed by atoms with Crippen LogP contribution >= 0.6 is 0 Å². The molecule has 6 nitrogen and oxygen atoms in total. The van der Waals surface area contributed by atoms with Crippen molar-refractivity contribution in [1.82, 2.24) is 5.32 Å². The van der Waals surface area contributed by atoms with Gasteiger partial charge < -0.3 is 20.3 Å². The molecule has 2 unspecified atom stereocenters. The molecule has 436 valence electrons. The highest BCUT2D eigenvalue weighted by Crippen LogP contribution is 2.18. The first kappa shape index (κ1) is 72.1. The first-order valence-electron chi connectivity index (χ1n) is 33.3. The van der Waals surface area contributed by atoms with Gasteiger partial charge in [0.2, 0.25) is 5.91 Å². The van der Waals surface area contributed by atoms with Gasteiger partial charge in [0.25, 0.3) is 0 Å². The number of hydrogen-bond acceptors (Lipinski definition) is 5. The maximum Gasteiger partial charge on any atom is 0.305 e. The number of carbonyl (C=O) groups excluding carboxylic acids is 2. The van der Waals surface area contributed by atoms with Crippen molar-refractivity contribution >= 4 is 11.9 Å². The van der Waals surface area contributed by atoms with Crippen molar-refractivity contribution in [3.05, 3.63) is 36.5 Å². The van der Waals surface area contributed by atoms with Crippen LogP contribution in [0.5, 0.6) is 0 Å². The van der Waals surface area contributed by atoms with E-state index in [1.165, 1.54) is 283 Å². The Bertz CT molecular complexity index is 1200. The van der Waals surface area contributed by atoms with E-state index in [1.54, 1.807) is 6.08 Å². The summed E-state index contributed by atoms with van der Waals surface area (Å²) >= 11 is 0. The molecule has 3 N–H and O–H groups in total. The second kappa shape index (κ2) is 63.6. The number of allylic oxidation sites excluding steroid dienone is 5. The number of esters is 1. The molecule has 0 radical (unpaired) electrons. The molecule has 0 heterocycles. The Hall–Kier alpha value is -1.92. The monoisotopic (exact) mass is 1040 g/mol. The lowest BCUT2D eigenvalue weighted by Gasteiger charge is -2.20. The zero-order valence-electron chi connectivity index (χ0n) is 49.8. The molecule has 0 aromatic heterocycles. The summed E-state index contributed by atoms with van der Waals surface area (Å²) in [5, 5.41) is 23.2. The molecule has 0 saturated heterocycles. The second-order valence-corrected chi connectivity index (χ2v) is 22.8. The maximum absolute atomic E-state index is 12.5. The predicted octanol–water partition coefficient (Wildman–Crippen LogP) is 21.1. The lowest BCUT2D eigenvalue weighted by Crippen LogP contribution is -2.45. The molecule has 0 saturated carbocycles. The molecule has 0 aromatic rings. The summed E-state index contributed by atoms with van der Waals surface area (Å²) in [7, 11) is 0. The second-order valence-electron chi connectivity index (χ2n) is 22.8. The van der Waals surface area contributed by atoms with E-state index in [9.17, 15) is 19.8 Å². The molecule has 0 aromatic carbocycles. The number of unbranched alkanes of at least 4 members (excludes halogenated alkanes) is 47. The SMILES string of the molecule is CCCCCC/C=C\C/C=C\CCCCCCCCCC(=O)OCCCCCCCCCCCCCCCCCCCCC(=O)NC(CO)C(O)/C=C/CCCCCCCCCCCCCCCCCCCCC. The first-order chi connectivity index (χ1) is 36.5. The number of aliphatic hydroxyl groups is 2. The Kier molecular flexibility index (Phi) is 62.0. The summed E-state index contributed by atoms with van der Waals surface area (Å²) in [6.45, 7) is 4.90. The van der Waals surface area contributed by atoms with Crippen LogP contribution in [0.2, 0.25) is 0 Å². The van der Waals surface area contributed by atoms with Crippen LogP contribution in [-0.4, -0.2) is 47.4 Å². The number of amides is 1. The van der Waals surface area contributed by atoms with Gasteiger partial charge in [-0.1, -0.05) is 320 Å². The number of carbonyl (C=O) groups is 2. The average molecular weight is 1040 g/mol. The van der Waals surface area contributed by atoms with Gasteiger partial charge in [0.15, 0.2) is 0 Å². The summed E-state index contributed by atoms with van der Waals surface area (Å²) in [6, 6.07) is -0.633. The van der Waals surface area contributed by atoms with E-state index in [0.717, 1.165) is 51.4 Å². The van der Waals surface area contributed by atoms with Gasteiger partial charge in [0.1, 0.15) is 0 Å². The zero-order chi connectivity index (χ0) is 53.6. The molecule has 74 heavy (non-hydrogen) atoms. The van der Waals surface area contributed by atoms with E-state index in [0.29, 0.717) is 19.4 Å². The standard InChI is InChI=1S/C68H129NO5/c1-3-5-7-9-11-13-15-17-19-21-23-24-25-28-32-36-40-44-48-52-56-60-66(71)65(64-70)69-67(72)61-57-53-49-45-41-37-33-29-26-27-31-35-39-43-47-51-55-59-63-74-68(73)62-58-54-50-46-42-38-34-30-22-20-18-16-14-12-10-8-6-4-2/h14,16,20,22,56,60,65-66,70-71H,3-13,15,17-19,21,23-55,57-59,61-64H2,1-2H3,(H,69,72)/b16-14-,22-20-,60-56+. The fourth-order valence-corrected chi connectivity index (χ4v) is 10.3. The highest BCUT2D eigenvalue weighted by atomic mass is 16.5. The van der Waals surface area contributed by atoms with Crippen molar-refractivity contribution in [3.63, 3.8) is 0 Å². The van der Waals surface area contributed by atoms with Crippen LogP contribution in [0.15, 0.2) is 36.5 Å². The third-order valence-corrected chi connectivity index (χ3v) is 15.4. The molecule has 0 aliphatic carbocycles. The van der Waals surface area contributed by atoms with Crippen LogP contribution < -0.4 is 5.32 Å². The van der Waals surface area contributed by atoms with Gasteiger partial charge in [0, 0.05) is 12.8 Å². The van der Waals surface area contributed by atoms with Gasteiger partial charge >= 0.3 is 5.97 Å². The highest BCUT2D eigenvalue weighted by molar-refractivity contribution is 5.76. The van der Waals surface area contributed by atoms with E-state index in [4.69, 9.17) is 4.74 Å². The molecule has 6 heteroatoms. The van der Waals surface area contributed by atoms with Crippen molar-refractivity contribution in [2.24, 2.45) is 0 Å². The zero-order valence-corrected chi connectivity index (χ0v) is 49.8. The number of rotatable bonds is 62. The Morgan fingerprint density at radius 1 is 0.378 bits per heavy atom. The van der Waals surface area contributed by atoms with Crippen molar-refractivity contribution in [2.45, 2.75) is 373 Å². The molecule has 0 fully saturated rings. The lowest BCUT2D eigenvalue weighted by atomic mass is 10.0. The van der Waals surface area contributed by atoms with Crippen LogP contribution in [-0.2, 0) is 14.3 Å². The minimum absolute atomic E-state index is 0.000289. The topological polar surface area (TPSA) is 95.9 Å². The van der Waals surface area contributed by atoms with Crippen LogP contribution in [0.3, 0.4) is 0 Å². The Labute approximate surface area is 462 Å². The Morgan fingerprint density at radius 3 is 1.04 bits per heavy atom. The minimum atomic E-state index is -0.849. The van der Waals surface area contributed by atoms with Gasteiger partial charge in [-0.2, -0.15) is 0 Å². The van der Waals surface area contributed by atoms with E-state index in [-0.39, 0.29) is 18.5 Å². The number of nitrogens with one attached hydrogen (secondary N) is 1. The van der Waals surface area contributed by atoms with Gasteiger partial charge in [-0.15, -0.1) is 0 Å². The summed E-state index contributed by atoms with van der Waals surface area (Å²) in [6.07, 6.45) is 80.5. The average Bonchev–Trinajstić information content (AvgIpc) is 3.40. The third kappa shape index (κ3) is 59.3. The number of ether oxygens (including phenoxy) is 1. The van der Waals surface area contributed by atoms with E-state index in [1.807, 2.05) is 6.08 Å². The third-order valence-electron chi connectivity index (χ3n) is 15.4. The smallest absolute Gasteiger partial charge is 0.305 e. The molecular formula is C68H129NO5. The quantitative estimate of drug-likeness (QED) is 0.0320. The lowest BCUT2D eigenvalue weighted by molar-refractivity contribution is -0.143. The molecule has 1 amide bonds. The number of hydrogen-bond donors (Lipinski definition) is 3. The highest BCUT2D eigenvalue weighted by Gasteiger charge is 2.18. The van der Waals surface area contributed by atoms with Crippen molar-refractivity contribution in [2.75, 3.05) is 13.2 Å². The van der Waals surface area contributed by atoms with Crippen LogP contribution in [0, 0.1) is 0 Å². The summed E-state index contributed by atoms with van der Waals surface area (Å²) in [4.78, 5) is 24.6. The van der Waals surface area contributed by atoms with Gasteiger partial charge in [-0.05, 0) is 64.2 Å². The van der Waals surface area contributed by atoms with E-state index >= 15 is 0 Å². The molecule has 0 spiro atoms. The molecule has 0 bridgehead atoms. The maximum atomic E-state index is 12.5. The fourth-order valence-electron chi connectivity index (χ4n) is 10.3. The molecule has 0 aliphatic heterocycles. The fraction of sp³-hybridized carbons (Fsp3) is 0.882. The van der Waals surface area contributed by atoms with Gasteiger partial charge in [-0.3, -0.25) is 9.59 Å². The minimum Gasteiger partial charge on any atom is -0.466 e. The van der Waals surface area contributed by atoms with Crippen molar-refractivity contribution in [1.29, 1.82) is 0 Å². The van der Waals surface area contributed by atoms with Gasteiger partial charge in [0.05, 0.1) is 25.4 Å². The summed E-state index contributed by atoms with van der Waals surface area (Å²) < 4.78 is 5.49. The van der Waals surface area contributed by atoms with E-state index in [2.05, 4.69) is 43.5 Å². The summed E-state index contributed by atoms with van der Waals surface area (Å²) in [5.74, 6) is -0.0694.